The van der Waals surface area contributed by atoms with Gasteiger partial charge in [-0.25, -0.2) is 0 Å². The van der Waals surface area contributed by atoms with Crippen LogP contribution >= 0.6 is 0 Å². The first kappa shape index (κ1) is 18.7. The zero-order valence-electron chi connectivity index (χ0n) is 16.6. The number of carbonyl (C=O) groups excluding carboxylic acids is 1. The predicted molar refractivity (Wildman–Crippen MR) is 111 cm³/mol. The molecular formula is C24H28N2O2. The summed E-state index contributed by atoms with van der Waals surface area (Å²) in [5.74, 6) is 0.893. The number of aliphatic imine (C=N–C) groups is 1. The van der Waals surface area contributed by atoms with E-state index < -0.39 is 0 Å². The summed E-state index contributed by atoms with van der Waals surface area (Å²) in [6.45, 7) is 5.06. The topological polar surface area (TPSA) is 52.9 Å². The lowest BCUT2D eigenvalue weighted by atomic mass is 9.69. The Morgan fingerprint density at radius 1 is 1.11 bits per heavy atom. The van der Waals surface area contributed by atoms with Crippen LogP contribution in [0.15, 0.2) is 59.6 Å². The summed E-state index contributed by atoms with van der Waals surface area (Å²) in [5, 5.41) is 10.4. The lowest BCUT2D eigenvalue weighted by Gasteiger charge is -2.44. The largest absolute Gasteiger partial charge is 0.507 e. The van der Waals surface area contributed by atoms with E-state index >= 15 is 0 Å². The third-order valence-electron chi connectivity index (χ3n) is 6.09. The molecule has 2 unspecified atom stereocenters. The Morgan fingerprint density at radius 2 is 1.82 bits per heavy atom. The van der Waals surface area contributed by atoms with Gasteiger partial charge in [0.05, 0.1) is 17.5 Å². The number of aromatic hydroxyl groups is 1. The van der Waals surface area contributed by atoms with Crippen molar-refractivity contribution in [1.29, 1.82) is 0 Å². The molecule has 0 aromatic heterocycles. The smallest absolute Gasteiger partial charge is 0.233 e. The Balaban J connectivity index is 1.69. The van der Waals surface area contributed by atoms with Gasteiger partial charge in [0.2, 0.25) is 5.91 Å². The van der Waals surface area contributed by atoms with E-state index in [2.05, 4.69) is 26.0 Å². The van der Waals surface area contributed by atoms with Crippen molar-refractivity contribution in [3.05, 3.63) is 65.7 Å². The highest BCUT2D eigenvalue weighted by molar-refractivity contribution is 6.11. The molecule has 28 heavy (non-hydrogen) atoms. The highest BCUT2D eigenvalue weighted by Gasteiger charge is 2.44. The van der Waals surface area contributed by atoms with Crippen molar-refractivity contribution in [1.82, 2.24) is 4.90 Å². The van der Waals surface area contributed by atoms with E-state index in [0.29, 0.717) is 17.9 Å². The first-order valence-corrected chi connectivity index (χ1v) is 10.2. The normalized spacial score (nSPS) is 23.9. The number of hydrogen-bond acceptors (Lipinski definition) is 3. The van der Waals surface area contributed by atoms with Crippen LogP contribution in [-0.2, 0) is 11.2 Å². The number of para-hydroxylation sites is 1. The molecule has 4 heteroatoms. The van der Waals surface area contributed by atoms with Crippen molar-refractivity contribution >= 4 is 11.7 Å². The van der Waals surface area contributed by atoms with Gasteiger partial charge in [-0.05, 0) is 48.8 Å². The van der Waals surface area contributed by atoms with Gasteiger partial charge < -0.3 is 5.11 Å². The Labute approximate surface area is 166 Å². The fourth-order valence-electron chi connectivity index (χ4n) is 4.49. The molecular weight excluding hydrogens is 348 g/mol. The molecule has 2 aliphatic rings. The molecule has 1 aliphatic carbocycles. The lowest BCUT2D eigenvalue weighted by Crippen LogP contribution is -2.52. The molecule has 0 saturated heterocycles. The number of amides is 1. The van der Waals surface area contributed by atoms with Gasteiger partial charge >= 0.3 is 0 Å². The van der Waals surface area contributed by atoms with Crippen LogP contribution < -0.4 is 0 Å². The van der Waals surface area contributed by atoms with Crippen LogP contribution in [0.1, 0.15) is 44.2 Å². The van der Waals surface area contributed by atoms with Gasteiger partial charge in [-0.1, -0.05) is 56.3 Å². The molecule has 2 atom stereocenters. The maximum absolute atomic E-state index is 13.5. The van der Waals surface area contributed by atoms with Gasteiger partial charge in [0.1, 0.15) is 11.6 Å². The fourth-order valence-corrected chi connectivity index (χ4v) is 4.49. The van der Waals surface area contributed by atoms with Crippen molar-refractivity contribution in [2.24, 2.45) is 16.3 Å². The quantitative estimate of drug-likeness (QED) is 0.859. The molecule has 0 spiro atoms. The van der Waals surface area contributed by atoms with Gasteiger partial charge in [0.15, 0.2) is 0 Å². The Morgan fingerprint density at radius 3 is 2.57 bits per heavy atom. The van der Waals surface area contributed by atoms with Crippen LogP contribution in [0.3, 0.4) is 0 Å². The molecule has 1 amide bonds. The van der Waals surface area contributed by atoms with Gasteiger partial charge in [0, 0.05) is 6.54 Å². The highest BCUT2D eigenvalue weighted by atomic mass is 16.3. The second-order valence-electron chi connectivity index (χ2n) is 8.78. The maximum Gasteiger partial charge on any atom is 0.233 e. The third-order valence-corrected chi connectivity index (χ3v) is 6.09. The molecule has 1 aliphatic heterocycles. The standard InChI is InChI=1S/C24H28N2O2/c1-24(2)14-12-20-19(16-24)23(28)26(15-13-17-8-4-3-5-9-17)22(25-20)18-10-6-7-11-21(18)27/h3-11,19-20,27H,12-16H2,1-2H3. The van der Waals surface area contributed by atoms with Crippen molar-refractivity contribution in [2.75, 3.05) is 6.54 Å². The van der Waals surface area contributed by atoms with Crippen LogP contribution in [0.4, 0.5) is 0 Å². The molecule has 4 nitrogen and oxygen atoms in total. The number of rotatable bonds is 4. The summed E-state index contributed by atoms with van der Waals surface area (Å²) >= 11 is 0. The number of hydrogen-bond donors (Lipinski definition) is 1. The number of fused-ring (bicyclic) bond motifs is 1. The van der Waals surface area contributed by atoms with Crippen LogP contribution in [0, 0.1) is 11.3 Å². The van der Waals surface area contributed by atoms with E-state index in [0.717, 1.165) is 25.7 Å². The summed E-state index contributed by atoms with van der Waals surface area (Å²) < 4.78 is 0. The predicted octanol–water partition coefficient (Wildman–Crippen LogP) is 4.42. The van der Waals surface area contributed by atoms with Crippen LogP contribution in [0.5, 0.6) is 5.75 Å². The summed E-state index contributed by atoms with van der Waals surface area (Å²) in [4.78, 5) is 20.3. The molecule has 146 valence electrons. The van der Waals surface area contributed by atoms with E-state index in [1.165, 1.54) is 5.56 Å². The Hall–Kier alpha value is -2.62. The SMILES string of the molecule is CC1(C)CCC2N=C(c3ccccc3O)N(CCc3ccccc3)C(=O)C2C1. The third kappa shape index (κ3) is 3.68. The summed E-state index contributed by atoms with van der Waals surface area (Å²) in [7, 11) is 0. The number of phenolic OH excluding ortho intramolecular Hbond substituents is 1. The number of nitrogens with zero attached hydrogens (tertiary/aromatic N) is 2. The van der Waals surface area contributed by atoms with Gasteiger partial charge in [-0.3, -0.25) is 14.7 Å². The number of benzene rings is 2. The minimum atomic E-state index is -0.0610. The molecule has 1 saturated carbocycles. The van der Waals surface area contributed by atoms with E-state index in [1.54, 1.807) is 12.1 Å². The van der Waals surface area contributed by atoms with Gasteiger partial charge in [-0.2, -0.15) is 0 Å². The zero-order valence-corrected chi connectivity index (χ0v) is 16.6. The fraction of sp³-hybridized carbons (Fsp3) is 0.417. The molecule has 1 heterocycles. The average molecular weight is 377 g/mol. The number of phenols is 1. The number of carbonyl (C=O) groups is 1. The number of amidine groups is 1. The average Bonchev–Trinajstić information content (AvgIpc) is 2.68. The monoisotopic (exact) mass is 376 g/mol. The van der Waals surface area contributed by atoms with E-state index in [-0.39, 0.29) is 29.0 Å². The maximum atomic E-state index is 13.5. The minimum absolute atomic E-state index is 0.0168. The van der Waals surface area contributed by atoms with Gasteiger partial charge in [-0.15, -0.1) is 0 Å². The Bertz CT molecular complexity index is 888. The molecule has 0 bridgehead atoms. The summed E-state index contributed by atoms with van der Waals surface area (Å²) in [6, 6.07) is 17.4. The second-order valence-corrected chi connectivity index (χ2v) is 8.78. The van der Waals surface area contributed by atoms with Crippen LogP contribution in [0.2, 0.25) is 0 Å². The van der Waals surface area contributed by atoms with Crippen LogP contribution in [0.25, 0.3) is 0 Å². The lowest BCUT2D eigenvalue weighted by molar-refractivity contribution is -0.135. The summed E-state index contributed by atoms with van der Waals surface area (Å²) in [6.07, 6.45) is 3.63. The molecule has 2 aromatic rings. The first-order chi connectivity index (χ1) is 13.4. The molecule has 0 radical (unpaired) electrons. The molecule has 1 fully saturated rings. The molecule has 4 rings (SSSR count). The first-order valence-electron chi connectivity index (χ1n) is 10.2. The second kappa shape index (κ2) is 7.42. The van der Waals surface area contributed by atoms with Crippen molar-refractivity contribution in [2.45, 2.75) is 45.6 Å². The molecule has 1 N–H and O–H groups in total. The van der Waals surface area contributed by atoms with Crippen LogP contribution in [-0.4, -0.2) is 34.3 Å². The summed E-state index contributed by atoms with van der Waals surface area (Å²) in [5.41, 5.74) is 2.01. The molecule has 2 aromatic carbocycles. The minimum Gasteiger partial charge on any atom is -0.507 e. The van der Waals surface area contributed by atoms with Crippen molar-refractivity contribution in [3.63, 3.8) is 0 Å². The van der Waals surface area contributed by atoms with Crippen molar-refractivity contribution in [3.8, 4) is 5.75 Å². The Kier molecular flexibility index (Phi) is 4.96. The van der Waals surface area contributed by atoms with E-state index in [4.69, 9.17) is 4.99 Å². The zero-order chi connectivity index (χ0) is 19.7. The highest BCUT2D eigenvalue weighted by Crippen LogP contribution is 2.43. The van der Waals surface area contributed by atoms with Crippen molar-refractivity contribution < 1.29 is 9.90 Å². The van der Waals surface area contributed by atoms with Gasteiger partial charge in [0.25, 0.3) is 0 Å². The van der Waals surface area contributed by atoms with E-state index in [9.17, 15) is 9.90 Å². The van der Waals surface area contributed by atoms with E-state index in [1.807, 2.05) is 35.2 Å².